The summed E-state index contributed by atoms with van der Waals surface area (Å²) in [4.78, 5) is 19.6. The molecule has 5 nitrogen and oxygen atoms in total. The number of aliphatic imine (C=N–C) groups is 1. The average Bonchev–Trinajstić information content (AvgIpc) is 3.34. The fourth-order valence-corrected chi connectivity index (χ4v) is 3.39. The van der Waals surface area contributed by atoms with Crippen molar-refractivity contribution in [2.24, 2.45) is 4.99 Å². The van der Waals surface area contributed by atoms with Crippen molar-refractivity contribution in [2.45, 2.75) is 6.92 Å². The van der Waals surface area contributed by atoms with E-state index in [9.17, 15) is 4.79 Å². The molecule has 2 heterocycles. The molecule has 29 heavy (non-hydrogen) atoms. The number of nitrogens with zero attached hydrogens (tertiary/aromatic N) is 2. The first-order valence-corrected chi connectivity index (χ1v) is 9.36. The summed E-state index contributed by atoms with van der Waals surface area (Å²) in [6, 6.07) is 23.2. The number of fused-ring (bicyclic) bond motifs is 1. The van der Waals surface area contributed by atoms with E-state index in [2.05, 4.69) is 0 Å². The minimum absolute atomic E-state index is 0.163. The van der Waals surface area contributed by atoms with Crippen molar-refractivity contribution in [3.05, 3.63) is 95.2 Å². The van der Waals surface area contributed by atoms with Crippen molar-refractivity contribution in [3.63, 3.8) is 0 Å². The van der Waals surface area contributed by atoms with Gasteiger partial charge in [-0.2, -0.15) is 0 Å². The van der Waals surface area contributed by atoms with Crippen molar-refractivity contribution in [2.75, 3.05) is 11.7 Å². The van der Waals surface area contributed by atoms with E-state index in [-0.39, 0.29) is 12.7 Å². The predicted molar refractivity (Wildman–Crippen MR) is 112 cm³/mol. The standard InChI is InChI=1S/C24H18N2O3/c1-16-7-10-18(11-8-16)23-25-20(24(27)26(23)19-5-3-2-4-6-19)13-17-9-12-21-22(14-17)29-15-28-21/h2-14H,15H2,1H3/b20-13+. The lowest BCUT2D eigenvalue weighted by molar-refractivity contribution is -0.113. The molecular weight excluding hydrogens is 364 g/mol. The van der Waals surface area contributed by atoms with Gasteiger partial charge in [0.15, 0.2) is 11.5 Å². The van der Waals surface area contributed by atoms with E-state index in [1.807, 2.05) is 79.7 Å². The van der Waals surface area contributed by atoms with Gasteiger partial charge in [0, 0.05) is 5.56 Å². The zero-order chi connectivity index (χ0) is 19.8. The molecule has 3 aromatic carbocycles. The Labute approximate surface area is 168 Å². The van der Waals surface area contributed by atoms with Gasteiger partial charge in [-0.05, 0) is 42.8 Å². The summed E-state index contributed by atoms with van der Waals surface area (Å²) in [5.74, 6) is 1.84. The van der Waals surface area contributed by atoms with Gasteiger partial charge in [0.25, 0.3) is 5.91 Å². The molecule has 0 spiro atoms. The minimum Gasteiger partial charge on any atom is -0.454 e. The molecule has 0 unspecified atom stereocenters. The van der Waals surface area contributed by atoms with Crippen LogP contribution in [0.4, 0.5) is 5.69 Å². The highest BCUT2D eigenvalue weighted by Crippen LogP contribution is 2.34. The predicted octanol–water partition coefficient (Wildman–Crippen LogP) is 4.56. The normalized spacial score (nSPS) is 16.4. The van der Waals surface area contributed by atoms with Crippen LogP contribution in [0.2, 0.25) is 0 Å². The smallest absolute Gasteiger partial charge is 0.282 e. The molecule has 3 aromatic rings. The summed E-state index contributed by atoms with van der Waals surface area (Å²) in [6.07, 6.45) is 1.78. The maximum Gasteiger partial charge on any atom is 0.282 e. The number of carbonyl (C=O) groups excluding carboxylic acids is 1. The monoisotopic (exact) mass is 382 g/mol. The number of amidine groups is 1. The molecule has 0 saturated carbocycles. The van der Waals surface area contributed by atoms with Gasteiger partial charge in [-0.1, -0.05) is 54.1 Å². The molecule has 0 atom stereocenters. The molecule has 0 radical (unpaired) electrons. The lowest BCUT2D eigenvalue weighted by atomic mass is 10.1. The first-order valence-electron chi connectivity index (χ1n) is 9.36. The Kier molecular flexibility index (Phi) is 4.13. The number of aryl methyl sites for hydroxylation is 1. The largest absolute Gasteiger partial charge is 0.454 e. The zero-order valence-electron chi connectivity index (χ0n) is 15.8. The van der Waals surface area contributed by atoms with Crippen LogP contribution < -0.4 is 14.4 Å². The molecule has 0 N–H and O–H groups in total. The summed E-state index contributed by atoms with van der Waals surface area (Å²) in [5.41, 5.74) is 4.04. The number of anilines is 1. The fourth-order valence-electron chi connectivity index (χ4n) is 3.39. The van der Waals surface area contributed by atoms with Crippen LogP contribution in [0.5, 0.6) is 11.5 Å². The third-order valence-electron chi connectivity index (χ3n) is 4.88. The van der Waals surface area contributed by atoms with Gasteiger partial charge in [0.2, 0.25) is 6.79 Å². The molecule has 0 saturated heterocycles. The van der Waals surface area contributed by atoms with Gasteiger partial charge in [-0.25, -0.2) is 4.99 Å². The van der Waals surface area contributed by atoms with Gasteiger partial charge in [0.1, 0.15) is 11.5 Å². The molecule has 5 rings (SSSR count). The van der Waals surface area contributed by atoms with E-state index in [4.69, 9.17) is 14.5 Å². The summed E-state index contributed by atoms with van der Waals surface area (Å²) in [6.45, 7) is 2.25. The molecule has 0 aliphatic carbocycles. The third-order valence-corrected chi connectivity index (χ3v) is 4.88. The molecule has 0 bridgehead atoms. The number of rotatable bonds is 3. The highest BCUT2D eigenvalue weighted by Gasteiger charge is 2.32. The second kappa shape index (κ2) is 6.95. The number of carbonyl (C=O) groups is 1. The van der Waals surface area contributed by atoms with Crippen molar-refractivity contribution in [1.29, 1.82) is 0 Å². The molecule has 2 aliphatic heterocycles. The maximum absolute atomic E-state index is 13.3. The number of hydrogen-bond acceptors (Lipinski definition) is 4. The summed E-state index contributed by atoms with van der Waals surface area (Å²) < 4.78 is 10.8. The lowest BCUT2D eigenvalue weighted by Crippen LogP contribution is -2.32. The van der Waals surface area contributed by atoms with Crippen molar-refractivity contribution in [3.8, 4) is 11.5 Å². The Morgan fingerprint density at radius 3 is 2.48 bits per heavy atom. The van der Waals surface area contributed by atoms with Crippen LogP contribution in [-0.2, 0) is 4.79 Å². The highest BCUT2D eigenvalue weighted by atomic mass is 16.7. The number of benzene rings is 3. The van der Waals surface area contributed by atoms with Gasteiger partial charge in [-0.3, -0.25) is 9.69 Å². The molecule has 5 heteroatoms. The summed E-state index contributed by atoms with van der Waals surface area (Å²) in [5, 5.41) is 0. The van der Waals surface area contributed by atoms with Crippen LogP contribution in [-0.4, -0.2) is 18.5 Å². The second-order valence-electron chi connectivity index (χ2n) is 6.92. The van der Waals surface area contributed by atoms with E-state index in [1.54, 1.807) is 11.0 Å². The minimum atomic E-state index is -0.163. The molecule has 0 fully saturated rings. The van der Waals surface area contributed by atoms with E-state index < -0.39 is 0 Å². The Balaban J connectivity index is 1.59. The second-order valence-corrected chi connectivity index (χ2v) is 6.92. The maximum atomic E-state index is 13.3. The fraction of sp³-hybridized carbons (Fsp3) is 0.0833. The summed E-state index contributed by atoms with van der Waals surface area (Å²) in [7, 11) is 0. The van der Waals surface area contributed by atoms with Crippen molar-refractivity contribution >= 4 is 23.5 Å². The number of amides is 1. The lowest BCUT2D eigenvalue weighted by Gasteiger charge is -2.18. The van der Waals surface area contributed by atoms with Crippen LogP contribution in [0.3, 0.4) is 0 Å². The Morgan fingerprint density at radius 1 is 0.931 bits per heavy atom. The van der Waals surface area contributed by atoms with Crippen LogP contribution in [0.1, 0.15) is 16.7 Å². The highest BCUT2D eigenvalue weighted by molar-refractivity contribution is 6.33. The number of para-hydroxylation sites is 1. The van der Waals surface area contributed by atoms with Crippen LogP contribution >= 0.6 is 0 Å². The molecular formula is C24H18N2O3. The average molecular weight is 382 g/mol. The SMILES string of the molecule is Cc1ccc(C2=N/C(=C/c3ccc4c(c3)OCO4)C(=O)N2c2ccccc2)cc1. The van der Waals surface area contributed by atoms with E-state index >= 15 is 0 Å². The van der Waals surface area contributed by atoms with Gasteiger partial charge in [0.05, 0.1) is 5.69 Å². The Hall–Kier alpha value is -3.86. The van der Waals surface area contributed by atoms with Crippen LogP contribution in [0.15, 0.2) is 83.5 Å². The van der Waals surface area contributed by atoms with Gasteiger partial charge in [-0.15, -0.1) is 0 Å². The quantitative estimate of drug-likeness (QED) is 0.624. The van der Waals surface area contributed by atoms with Crippen molar-refractivity contribution < 1.29 is 14.3 Å². The topological polar surface area (TPSA) is 51.1 Å². The Bertz CT molecular complexity index is 1150. The van der Waals surface area contributed by atoms with E-state index in [1.165, 1.54) is 0 Å². The van der Waals surface area contributed by atoms with E-state index in [0.717, 1.165) is 22.4 Å². The van der Waals surface area contributed by atoms with E-state index in [0.29, 0.717) is 23.0 Å². The zero-order valence-corrected chi connectivity index (χ0v) is 15.8. The van der Waals surface area contributed by atoms with Gasteiger partial charge >= 0.3 is 0 Å². The van der Waals surface area contributed by atoms with Gasteiger partial charge < -0.3 is 9.47 Å². The Morgan fingerprint density at radius 2 is 1.69 bits per heavy atom. The molecule has 1 amide bonds. The van der Waals surface area contributed by atoms with Crippen molar-refractivity contribution in [1.82, 2.24) is 0 Å². The van der Waals surface area contributed by atoms with Crippen LogP contribution in [0.25, 0.3) is 6.08 Å². The van der Waals surface area contributed by atoms with Crippen LogP contribution in [0, 0.1) is 6.92 Å². The molecule has 142 valence electrons. The number of ether oxygens (including phenoxy) is 2. The molecule has 0 aromatic heterocycles. The first kappa shape index (κ1) is 17.3. The molecule has 2 aliphatic rings. The summed E-state index contributed by atoms with van der Waals surface area (Å²) >= 11 is 0. The number of hydrogen-bond donors (Lipinski definition) is 0. The third kappa shape index (κ3) is 3.17. The first-order chi connectivity index (χ1) is 14.2.